The lowest BCUT2D eigenvalue weighted by Gasteiger charge is -2.12. The van der Waals surface area contributed by atoms with Gasteiger partial charge in [-0.25, -0.2) is 0 Å². The molecule has 0 aliphatic rings. The number of ketones is 1. The van der Waals surface area contributed by atoms with Crippen LogP contribution in [0.4, 0.5) is 0 Å². The molecule has 13 heavy (non-hydrogen) atoms. The lowest BCUT2D eigenvalue weighted by Crippen LogP contribution is -2.12. The van der Waals surface area contributed by atoms with E-state index in [1.165, 1.54) is 0 Å². The average Bonchev–Trinajstić information content (AvgIpc) is 2.13. The van der Waals surface area contributed by atoms with E-state index >= 15 is 0 Å². The van der Waals surface area contributed by atoms with E-state index < -0.39 is 0 Å². The van der Waals surface area contributed by atoms with E-state index in [2.05, 4.69) is 6.07 Å². The van der Waals surface area contributed by atoms with E-state index in [1.807, 2.05) is 32.9 Å². The number of rotatable bonds is 5. The molecule has 0 saturated carbocycles. The fraction of sp³-hybridized carbons (Fsp3) is 0.636. The summed E-state index contributed by atoms with van der Waals surface area (Å²) in [4.78, 5) is 11.1. The van der Waals surface area contributed by atoms with Crippen molar-refractivity contribution in [3.63, 3.8) is 0 Å². The Kier molecular flexibility index (Phi) is 5.88. The molecule has 0 aromatic rings. The third kappa shape index (κ3) is 4.47. The minimum Gasteiger partial charge on any atom is -0.300 e. The van der Waals surface area contributed by atoms with Crippen LogP contribution in [0.15, 0.2) is 12.2 Å². The van der Waals surface area contributed by atoms with E-state index in [0.29, 0.717) is 12.8 Å². The van der Waals surface area contributed by atoms with Gasteiger partial charge in [0, 0.05) is 12.8 Å². The number of hydrogen-bond donors (Lipinski definition) is 0. The quantitative estimate of drug-likeness (QED) is 0.609. The second-order valence-corrected chi connectivity index (χ2v) is 3.25. The number of hydrogen-bond acceptors (Lipinski definition) is 2. The molecule has 0 heterocycles. The average molecular weight is 179 g/mol. The van der Waals surface area contributed by atoms with Gasteiger partial charge in [0.05, 0.1) is 12.0 Å². The molecule has 0 aromatic heterocycles. The van der Waals surface area contributed by atoms with Gasteiger partial charge < -0.3 is 0 Å². The van der Waals surface area contributed by atoms with Gasteiger partial charge in [-0.1, -0.05) is 26.0 Å². The van der Waals surface area contributed by atoms with Crippen molar-refractivity contribution in [2.24, 2.45) is 11.8 Å². The first-order valence-electron chi connectivity index (χ1n) is 4.69. The van der Waals surface area contributed by atoms with E-state index in [9.17, 15) is 4.79 Å². The fourth-order valence-electron chi connectivity index (χ4n) is 1.20. The molecule has 0 rings (SSSR count). The van der Waals surface area contributed by atoms with E-state index in [4.69, 9.17) is 5.26 Å². The Morgan fingerprint density at radius 1 is 1.62 bits per heavy atom. The van der Waals surface area contributed by atoms with Crippen LogP contribution in [0, 0.1) is 23.2 Å². The van der Waals surface area contributed by atoms with Crippen molar-refractivity contribution < 1.29 is 4.79 Å². The van der Waals surface area contributed by atoms with Gasteiger partial charge in [-0.05, 0) is 12.8 Å². The molecule has 0 amide bonds. The normalized spacial score (nSPS) is 15.2. The molecule has 0 radical (unpaired) electrons. The predicted octanol–water partition coefficient (Wildman–Crippen LogP) is 2.71. The van der Waals surface area contributed by atoms with Crippen molar-refractivity contribution in [2.75, 3.05) is 0 Å². The molecule has 0 saturated heterocycles. The summed E-state index contributed by atoms with van der Waals surface area (Å²) in [5, 5.41) is 8.80. The molecule has 0 bridgehead atoms. The van der Waals surface area contributed by atoms with Crippen molar-refractivity contribution in [2.45, 2.75) is 33.6 Å². The summed E-state index contributed by atoms with van der Waals surface area (Å²) in [7, 11) is 0. The standard InChI is InChI=1S/C11H17NO/c1-4-6-10(8-12)9(3)7-11(13)5-2/h4,6,9-10H,5,7H2,1-3H3/b6-4+/t9-,10+/m0/s1. The van der Waals surface area contributed by atoms with Crippen LogP contribution in [0.2, 0.25) is 0 Å². The molecule has 0 aromatic carbocycles. The van der Waals surface area contributed by atoms with Crippen molar-refractivity contribution in [3.05, 3.63) is 12.2 Å². The van der Waals surface area contributed by atoms with Gasteiger partial charge in [0.15, 0.2) is 0 Å². The van der Waals surface area contributed by atoms with Gasteiger partial charge in [0.1, 0.15) is 5.78 Å². The molecule has 0 unspecified atom stereocenters. The lowest BCUT2D eigenvalue weighted by atomic mass is 9.90. The number of carbonyl (C=O) groups is 1. The Morgan fingerprint density at radius 3 is 2.62 bits per heavy atom. The highest BCUT2D eigenvalue weighted by Gasteiger charge is 2.15. The highest BCUT2D eigenvalue weighted by molar-refractivity contribution is 5.78. The van der Waals surface area contributed by atoms with Gasteiger partial charge in [0.25, 0.3) is 0 Å². The van der Waals surface area contributed by atoms with Gasteiger partial charge >= 0.3 is 0 Å². The van der Waals surface area contributed by atoms with Crippen LogP contribution in [0.1, 0.15) is 33.6 Å². The maximum Gasteiger partial charge on any atom is 0.132 e. The Bertz CT molecular complexity index is 225. The number of Topliss-reactive ketones (excluding diaryl/α,β-unsaturated/α-hetero) is 1. The molecule has 0 aliphatic carbocycles. The third-order valence-electron chi connectivity index (χ3n) is 2.11. The molecule has 2 atom stereocenters. The number of nitrogens with zero attached hydrogens (tertiary/aromatic N) is 1. The number of allylic oxidation sites excluding steroid dienone is 2. The Hall–Kier alpha value is -1.10. The molecule has 0 fully saturated rings. The Balaban J connectivity index is 4.15. The van der Waals surface area contributed by atoms with Crippen molar-refractivity contribution in [3.8, 4) is 6.07 Å². The largest absolute Gasteiger partial charge is 0.300 e. The highest BCUT2D eigenvalue weighted by Crippen LogP contribution is 2.17. The van der Waals surface area contributed by atoms with Gasteiger partial charge in [-0.15, -0.1) is 0 Å². The zero-order valence-corrected chi connectivity index (χ0v) is 8.58. The first kappa shape index (κ1) is 11.9. The summed E-state index contributed by atoms with van der Waals surface area (Å²) in [5.74, 6) is 0.242. The molecular weight excluding hydrogens is 162 g/mol. The van der Waals surface area contributed by atoms with Gasteiger partial charge in [0.2, 0.25) is 0 Å². The minimum atomic E-state index is -0.125. The van der Waals surface area contributed by atoms with Crippen molar-refractivity contribution in [1.29, 1.82) is 5.26 Å². The minimum absolute atomic E-state index is 0.125. The summed E-state index contributed by atoms with van der Waals surface area (Å²) >= 11 is 0. The second-order valence-electron chi connectivity index (χ2n) is 3.25. The Labute approximate surface area is 80.3 Å². The molecule has 2 heteroatoms. The Morgan fingerprint density at radius 2 is 2.23 bits per heavy atom. The van der Waals surface area contributed by atoms with Crippen molar-refractivity contribution >= 4 is 5.78 Å². The van der Waals surface area contributed by atoms with Crippen LogP contribution in [0.5, 0.6) is 0 Å². The first-order chi connectivity index (χ1) is 6.15. The first-order valence-corrected chi connectivity index (χ1v) is 4.69. The second kappa shape index (κ2) is 6.42. The lowest BCUT2D eigenvalue weighted by molar-refractivity contribution is -0.119. The summed E-state index contributed by atoms with van der Waals surface area (Å²) < 4.78 is 0. The van der Waals surface area contributed by atoms with E-state index in [0.717, 1.165) is 0 Å². The van der Waals surface area contributed by atoms with Crippen molar-refractivity contribution in [1.82, 2.24) is 0 Å². The number of carbonyl (C=O) groups excluding carboxylic acids is 1. The maximum atomic E-state index is 11.1. The third-order valence-corrected chi connectivity index (χ3v) is 2.11. The topological polar surface area (TPSA) is 40.9 Å². The SMILES string of the molecule is C/C=C/[C@H](C#N)[C@@H](C)CC(=O)CC. The van der Waals surface area contributed by atoms with Crippen LogP contribution in [0.3, 0.4) is 0 Å². The van der Waals surface area contributed by atoms with Crippen LogP contribution in [-0.2, 0) is 4.79 Å². The van der Waals surface area contributed by atoms with Crippen LogP contribution >= 0.6 is 0 Å². The van der Waals surface area contributed by atoms with Gasteiger partial charge in [-0.3, -0.25) is 4.79 Å². The van der Waals surface area contributed by atoms with Crippen LogP contribution in [0.25, 0.3) is 0 Å². The summed E-state index contributed by atoms with van der Waals surface area (Å²) in [6.45, 7) is 5.69. The molecule has 0 spiro atoms. The monoisotopic (exact) mass is 179 g/mol. The maximum absolute atomic E-state index is 11.1. The fourth-order valence-corrected chi connectivity index (χ4v) is 1.20. The zero-order valence-electron chi connectivity index (χ0n) is 8.58. The smallest absolute Gasteiger partial charge is 0.132 e. The summed E-state index contributed by atoms with van der Waals surface area (Å²) in [6, 6.07) is 2.19. The van der Waals surface area contributed by atoms with E-state index in [1.54, 1.807) is 0 Å². The van der Waals surface area contributed by atoms with Gasteiger partial charge in [-0.2, -0.15) is 5.26 Å². The summed E-state index contributed by atoms with van der Waals surface area (Å²) in [6.07, 6.45) is 4.80. The molecular formula is C11H17NO. The molecule has 72 valence electrons. The number of nitriles is 1. The van der Waals surface area contributed by atoms with E-state index in [-0.39, 0.29) is 17.6 Å². The zero-order chi connectivity index (χ0) is 10.3. The van der Waals surface area contributed by atoms with Crippen LogP contribution in [-0.4, -0.2) is 5.78 Å². The highest BCUT2D eigenvalue weighted by atomic mass is 16.1. The summed E-state index contributed by atoms with van der Waals surface area (Å²) in [5.41, 5.74) is 0. The molecule has 0 aliphatic heterocycles. The predicted molar refractivity (Wildman–Crippen MR) is 53.0 cm³/mol. The molecule has 0 N–H and O–H groups in total. The molecule has 2 nitrogen and oxygen atoms in total. The van der Waals surface area contributed by atoms with Crippen LogP contribution < -0.4 is 0 Å².